The van der Waals surface area contributed by atoms with E-state index in [1.54, 1.807) is 0 Å². The van der Waals surface area contributed by atoms with Crippen LogP contribution >= 0.6 is 0 Å². The second kappa shape index (κ2) is 22.0. The normalized spacial score (nSPS) is 13.3. The fourth-order valence-electron chi connectivity index (χ4n) is 4.62. The highest BCUT2D eigenvalue weighted by atomic mass is 28.4. The minimum atomic E-state index is -2.02. The second-order valence-corrected chi connectivity index (χ2v) is 13.5. The van der Waals surface area contributed by atoms with E-state index in [4.69, 9.17) is 8.85 Å². The molecule has 0 bridgehead atoms. The quantitative estimate of drug-likeness (QED) is 0.106. The standard InChI is InChI=1S/C28H60O2Si/c1-7-13-14-15-16-17-18-19-20-21-22-23-26-29-31(11-5,12-6)30-28(10-4)25-24-27(8-2)9-3/h27-28H,7-26H2,1-6H3. The van der Waals surface area contributed by atoms with Crippen LogP contribution in [-0.4, -0.2) is 21.3 Å². The highest BCUT2D eigenvalue weighted by Gasteiger charge is 2.36. The van der Waals surface area contributed by atoms with Crippen LogP contribution in [0.3, 0.4) is 0 Å². The molecule has 1 unspecified atom stereocenters. The van der Waals surface area contributed by atoms with Crippen LogP contribution in [0.4, 0.5) is 0 Å². The lowest BCUT2D eigenvalue weighted by Crippen LogP contribution is -2.44. The Morgan fingerprint density at radius 1 is 0.548 bits per heavy atom. The Balaban J connectivity index is 3.97. The Morgan fingerprint density at radius 2 is 1.03 bits per heavy atom. The zero-order valence-electron chi connectivity index (χ0n) is 22.6. The van der Waals surface area contributed by atoms with Crippen molar-refractivity contribution in [3.8, 4) is 0 Å². The van der Waals surface area contributed by atoms with Gasteiger partial charge >= 0.3 is 8.56 Å². The van der Waals surface area contributed by atoms with Crippen LogP contribution in [0.5, 0.6) is 0 Å². The van der Waals surface area contributed by atoms with Crippen molar-refractivity contribution < 1.29 is 8.85 Å². The average Bonchev–Trinajstić information content (AvgIpc) is 2.80. The van der Waals surface area contributed by atoms with Crippen molar-refractivity contribution in [1.29, 1.82) is 0 Å². The van der Waals surface area contributed by atoms with Crippen LogP contribution < -0.4 is 0 Å². The molecule has 0 rings (SSSR count). The molecule has 2 nitrogen and oxygen atoms in total. The van der Waals surface area contributed by atoms with E-state index in [1.165, 1.54) is 103 Å². The SMILES string of the molecule is CCCCCCCCCCCCCCO[Si](CC)(CC)OC(CC)CCC(CC)CC. The van der Waals surface area contributed by atoms with Crippen LogP contribution in [0.1, 0.15) is 151 Å². The van der Waals surface area contributed by atoms with Crippen molar-refractivity contribution in [3.05, 3.63) is 0 Å². The molecule has 0 saturated heterocycles. The third kappa shape index (κ3) is 16.4. The molecule has 1 atom stereocenters. The summed E-state index contributed by atoms with van der Waals surface area (Å²) in [6.07, 6.45) is 23.4. The Morgan fingerprint density at radius 3 is 1.45 bits per heavy atom. The van der Waals surface area contributed by atoms with Gasteiger partial charge in [0.15, 0.2) is 0 Å². The summed E-state index contributed by atoms with van der Waals surface area (Å²) in [5, 5.41) is 0. The summed E-state index contributed by atoms with van der Waals surface area (Å²) < 4.78 is 13.3. The van der Waals surface area contributed by atoms with E-state index in [9.17, 15) is 0 Å². The maximum Gasteiger partial charge on any atom is 0.337 e. The summed E-state index contributed by atoms with van der Waals surface area (Å²) in [6.45, 7) is 14.7. The lowest BCUT2D eigenvalue weighted by Gasteiger charge is -2.33. The van der Waals surface area contributed by atoms with Crippen molar-refractivity contribution in [2.24, 2.45) is 5.92 Å². The largest absolute Gasteiger partial charge is 0.394 e. The number of unbranched alkanes of at least 4 members (excludes halogenated alkanes) is 11. The van der Waals surface area contributed by atoms with Gasteiger partial charge in [0, 0.05) is 12.7 Å². The van der Waals surface area contributed by atoms with Crippen molar-refractivity contribution >= 4 is 8.56 Å². The number of hydrogen-bond donors (Lipinski definition) is 0. The van der Waals surface area contributed by atoms with E-state index in [-0.39, 0.29) is 0 Å². The molecule has 0 fully saturated rings. The van der Waals surface area contributed by atoms with E-state index in [0.717, 1.165) is 31.0 Å². The van der Waals surface area contributed by atoms with E-state index in [1.807, 2.05) is 0 Å². The maximum absolute atomic E-state index is 6.75. The average molecular weight is 457 g/mol. The molecule has 188 valence electrons. The third-order valence-electron chi connectivity index (χ3n) is 7.33. The van der Waals surface area contributed by atoms with E-state index >= 15 is 0 Å². The van der Waals surface area contributed by atoms with Crippen LogP contribution in [-0.2, 0) is 8.85 Å². The van der Waals surface area contributed by atoms with Crippen molar-refractivity contribution in [2.75, 3.05) is 6.61 Å². The molecule has 31 heavy (non-hydrogen) atoms. The topological polar surface area (TPSA) is 18.5 Å². The molecule has 0 radical (unpaired) electrons. The third-order valence-corrected chi connectivity index (χ3v) is 11.0. The molecule has 0 saturated carbocycles. The Hall–Kier alpha value is 0.137. The second-order valence-electron chi connectivity index (χ2n) is 9.76. The first-order chi connectivity index (χ1) is 15.1. The van der Waals surface area contributed by atoms with Gasteiger partial charge in [-0.2, -0.15) is 0 Å². The van der Waals surface area contributed by atoms with Gasteiger partial charge in [-0.15, -0.1) is 0 Å². The van der Waals surface area contributed by atoms with Crippen molar-refractivity contribution in [1.82, 2.24) is 0 Å². The first-order valence-electron chi connectivity index (χ1n) is 14.4. The maximum atomic E-state index is 6.75. The fourth-order valence-corrected chi connectivity index (χ4v) is 7.34. The fraction of sp³-hybridized carbons (Fsp3) is 1.00. The molecular weight excluding hydrogens is 396 g/mol. The Kier molecular flexibility index (Phi) is 22.1. The lowest BCUT2D eigenvalue weighted by atomic mass is 9.95. The Bertz CT molecular complexity index is 353. The smallest absolute Gasteiger partial charge is 0.337 e. The van der Waals surface area contributed by atoms with Gasteiger partial charge in [-0.25, -0.2) is 0 Å². The van der Waals surface area contributed by atoms with Gasteiger partial charge in [-0.05, 0) is 43.7 Å². The van der Waals surface area contributed by atoms with Crippen LogP contribution in [0.15, 0.2) is 0 Å². The molecular formula is C28H60O2Si. The van der Waals surface area contributed by atoms with Crippen LogP contribution in [0.25, 0.3) is 0 Å². The molecule has 0 spiro atoms. The molecule has 0 aromatic rings. The van der Waals surface area contributed by atoms with Crippen molar-refractivity contribution in [2.45, 2.75) is 169 Å². The highest BCUT2D eigenvalue weighted by molar-refractivity contribution is 6.67. The van der Waals surface area contributed by atoms with Gasteiger partial charge in [0.2, 0.25) is 0 Å². The molecule has 0 aliphatic rings. The molecule has 0 N–H and O–H groups in total. The van der Waals surface area contributed by atoms with Gasteiger partial charge in [0.25, 0.3) is 0 Å². The number of rotatable bonds is 24. The van der Waals surface area contributed by atoms with E-state index in [2.05, 4.69) is 41.5 Å². The summed E-state index contributed by atoms with van der Waals surface area (Å²) in [4.78, 5) is 0. The summed E-state index contributed by atoms with van der Waals surface area (Å²) >= 11 is 0. The summed E-state index contributed by atoms with van der Waals surface area (Å²) in [7, 11) is -2.02. The molecule has 0 aliphatic heterocycles. The zero-order chi connectivity index (χ0) is 23.2. The summed E-state index contributed by atoms with van der Waals surface area (Å²) in [5.74, 6) is 0.860. The van der Waals surface area contributed by atoms with Gasteiger partial charge in [-0.3, -0.25) is 0 Å². The first-order valence-corrected chi connectivity index (χ1v) is 16.7. The molecule has 0 heterocycles. The van der Waals surface area contributed by atoms with Crippen LogP contribution in [0, 0.1) is 5.92 Å². The number of hydrogen-bond acceptors (Lipinski definition) is 2. The Labute approximate surface area is 198 Å². The summed E-state index contributed by atoms with van der Waals surface area (Å²) in [5.41, 5.74) is 0. The monoisotopic (exact) mass is 456 g/mol. The minimum Gasteiger partial charge on any atom is -0.394 e. The predicted molar refractivity (Wildman–Crippen MR) is 142 cm³/mol. The first kappa shape index (κ1) is 31.1. The van der Waals surface area contributed by atoms with Crippen LogP contribution in [0.2, 0.25) is 12.1 Å². The molecule has 0 aromatic carbocycles. The molecule has 0 aromatic heterocycles. The van der Waals surface area contributed by atoms with E-state index < -0.39 is 8.56 Å². The minimum absolute atomic E-state index is 0.397. The van der Waals surface area contributed by atoms with Crippen molar-refractivity contribution in [3.63, 3.8) is 0 Å². The van der Waals surface area contributed by atoms with Gasteiger partial charge in [-0.1, -0.05) is 125 Å². The lowest BCUT2D eigenvalue weighted by molar-refractivity contribution is 0.0971. The molecule has 0 amide bonds. The zero-order valence-corrected chi connectivity index (χ0v) is 23.6. The predicted octanol–water partition coefficient (Wildman–Crippen LogP) is 10.2. The highest BCUT2D eigenvalue weighted by Crippen LogP contribution is 2.26. The van der Waals surface area contributed by atoms with E-state index in [0.29, 0.717) is 6.10 Å². The summed E-state index contributed by atoms with van der Waals surface area (Å²) in [6, 6.07) is 2.17. The van der Waals surface area contributed by atoms with Gasteiger partial charge in [0.1, 0.15) is 0 Å². The molecule has 0 aliphatic carbocycles. The molecule has 3 heteroatoms. The van der Waals surface area contributed by atoms with Gasteiger partial charge < -0.3 is 8.85 Å². The van der Waals surface area contributed by atoms with Gasteiger partial charge in [0.05, 0.1) is 0 Å².